The van der Waals surface area contributed by atoms with Gasteiger partial charge < -0.3 is 20.3 Å². The maximum Gasteiger partial charge on any atom is 0.305 e. The predicted molar refractivity (Wildman–Crippen MR) is 375 cm³/mol. The van der Waals surface area contributed by atoms with Crippen LogP contribution < -0.4 is 5.32 Å². The van der Waals surface area contributed by atoms with Crippen LogP contribution in [0.5, 0.6) is 0 Å². The van der Waals surface area contributed by atoms with Crippen LogP contribution in [0, 0.1) is 0 Å². The lowest BCUT2D eigenvalue weighted by molar-refractivity contribution is -0.143. The summed E-state index contributed by atoms with van der Waals surface area (Å²) in [7, 11) is 0. The Hall–Kier alpha value is -1.14. The zero-order valence-corrected chi connectivity index (χ0v) is 58.4. The van der Waals surface area contributed by atoms with Crippen LogP contribution in [0.25, 0.3) is 0 Å². The van der Waals surface area contributed by atoms with Gasteiger partial charge in [0, 0.05) is 12.8 Å². The molecule has 1 amide bonds. The lowest BCUT2D eigenvalue weighted by Gasteiger charge is -2.22. The van der Waals surface area contributed by atoms with E-state index in [0.29, 0.717) is 25.9 Å². The van der Waals surface area contributed by atoms with Gasteiger partial charge in [0.1, 0.15) is 0 Å². The van der Waals surface area contributed by atoms with Gasteiger partial charge >= 0.3 is 5.97 Å². The molecule has 0 aromatic rings. The Labute approximate surface area is 534 Å². The van der Waals surface area contributed by atoms with Crippen LogP contribution in [0.3, 0.4) is 0 Å². The molecule has 85 heavy (non-hydrogen) atoms. The van der Waals surface area contributed by atoms with Gasteiger partial charge in [-0.2, -0.15) is 0 Å². The molecular formula is C79H157NO5. The largest absolute Gasteiger partial charge is 0.466 e. The third-order valence-corrected chi connectivity index (χ3v) is 19.2. The molecule has 0 saturated carbocycles. The number of carbonyl (C=O) groups excluding carboxylic acids is 2. The lowest BCUT2D eigenvalue weighted by Crippen LogP contribution is -2.45. The highest BCUT2D eigenvalue weighted by Crippen LogP contribution is 2.21. The van der Waals surface area contributed by atoms with Crippen molar-refractivity contribution in [2.45, 2.75) is 482 Å². The Morgan fingerprint density at radius 1 is 0.282 bits per heavy atom. The van der Waals surface area contributed by atoms with Crippen molar-refractivity contribution in [1.82, 2.24) is 5.32 Å². The van der Waals surface area contributed by atoms with E-state index in [1.165, 1.54) is 398 Å². The van der Waals surface area contributed by atoms with E-state index >= 15 is 0 Å². The van der Waals surface area contributed by atoms with E-state index < -0.39 is 12.1 Å². The van der Waals surface area contributed by atoms with E-state index in [-0.39, 0.29) is 18.5 Å². The smallest absolute Gasteiger partial charge is 0.305 e. The van der Waals surface area contributed by atoms with Gasteiger partial charge in [-0.25, -0.2) is 0 Å². The van der Waals surface area contributed by atoms with Crippen molar-refractivity contribution in [3.05, 3.63) is 0 Å². The van der Waals surface area contributed by atoms with Crippen molar-refractivity contribution in [1.29, 1.82) is 0 Å². The number of aliphatic hydroxyl groups excluding tert-OH is 2. The predicted octanol–water partition coefficient (Wildman–Crippen LogP) is 26.1. The summed E-state index contributed by atoms with van der Waals surface area (Å²) in [5, 5.41) is 23.5. The maximum atomic E-state index is 12.6. The lowest BCUT2D eigenvalue weighted by atomic mass is 10.0. The summed E-state index contributed by atoms with van der Waals surface area (Å²) < 4.78 is 5.50. The van der Waals surface area contributed by atoms with Crippen molar-refractivity contribution in [3.8, 4) is 0 Å². The van der Waals surface area contributed by atoms with Crippen molar-refractivity contribution in [2.24, 2.45) is 0 Å². The first-order valence-electron chi connectivity index (χ1n) is 39.8. The van der Waals surface area contributed by atoms with Crippen LogP contribution in [0.1, 0.15) is 470 Å². The molecule has 0 fully saturated rings. The fourth-order valence-electron chi connectivity index (χ4n) is 13.1. The first-order valence-corrected chi connectivity index (χ1v) is 39.8. The number of amides is 1. The molecule has 2 unspecified atom stereocenters. The van der Waals surface area contributed by atoms with E-state index in [4.69, 9.17) is 4.74 Å². The van der Waals surface area contributed by atoms with Crippen LogP contribution >= 0.6 is 0 Å². The molecule has 0 saturated heterocycles. The molecular weight excluding hydrogens is 1040 g/mol. The molecule has 0 rings (SSSR count). The first-order chi connectivity index (χ1) is 42.0. The summed E-state index contributed by atoms with van der Waals surface area (Å²) >= 11 is 0. The molecule has 2 atom stereocenters. The van der Waals surface area contributed by atoms with Crippen LogP contribution in [0.2, 0.25) is 0 Å². The van der Waals surface area contributed by atoms with E-state index in [1.54, 1.807) is 0 Å². The van der Waals surface area contributed by atoms with Gasteiger partial charge in [0.05, 0.1) is 25.4 Å². The third-order valence-electron chi connectivity index (χ3n) is 19.2. The van der Waals surface area contributed by atoms with Gasteiger partial charge in [0.25, 0.3) is 0 Å². The molecule has 0 aliphatic carbocycles. The van der Waals surface area contributed by atoms with Crippen LogP contribution in [-0.2, 0) is 14.3 Å². The van der Waals surface area contributed by atoms with Gasteiger partial charge in [0.15, 0.2) is 0 Å². The summed E-state index contributed by atoms with van der Waals surface area (Å²) in [4.78, 5) is 24.6. The molecule has 0 bridgehead atoms. The summed E-state index contributed by atoms with van der Waals surface area (Å²) in [6.07, 6.45) is 93.4. The minimum atomic E-state index is -0.661. The molecule has 508 valence electrons. The molecule has 6 heteroatoms. The van der Waals surface area contributed by atoms with Crippen LogP contribution in [-0.4, -0.2) is 47.4 Å². The zero-order valence-electron chi connectivity index (χ0n) is 58.4. The first kappa shape index (κ1) is 83.9. The number of hydrogen-bond acceptors (Lipinski definition) is 5. The number of ether oxygens (including phenoxy) is 1. The fourth-order valence-corrected chi connectivity index (χ4v) is 13.1. The van der Waals surface area contributed by atoms with Gasteiger partial charge in [-0.3, -0.25) is 9.59 Å². The molecule has 0 heterocycles. The number of hydrogen-bond donors (Lipinski definition) is 3. The average Bonchev–Trinajstić information content (AvgIpc) is 3.53. The Kier molecular flexibility index (Phi) is 74.3. The molecule has 0 aromatic carbocycles. The van der Waals surface area contributed by atoms with E-state index in [2.05, 4.69) is 19.2 Å². The molecule has 0 radical (unpaired) electrons. The van der Waals surface area contributed by atoms with Gasteiger partial charge in [-0.05, 0) is 25.7 Å². The van der Waals surface area contributed by atoms with E-state index in [0.717, 1.165) is 38.5 Å². The van der Waals surface area contributed by atoms with Crippen molar-refractivity contribution in [3.63, 3.8) is 0 Å². The Morgan fingerprint density at radius 3 is 0.718 bits per heavy atom. The molecule has 0 aliphatic rings. The molecule has 0 aliphatic heterocycles. The number of rotatable bonds is 76. The zero-order chi connectivity index (χ0) is 61.3. The van der Waals surface area contributed by atoms with Gasteiger partial charge in [-0.15, -0.1) is 0 Å². The van der Waals surface area contributed by atoms with Crippen LogP contribution in [0.4, 0.5) is 0 Å². The van der Waals surface area contributed by atoms with E-state index in [9.17, 15) is 19.8 Å². The number of carbonyl (C=O) groups is 2. The average molecular weight is 1200 g/mol. The van der Waals surface area contributed by atoms with Gasteiger partial charge in [-0.1, -0.05) is 431 Å². The van der Waals surface area contributed by atoms with Gasteiger partial charge in [0.2, 0.25) is 5.91 Å². The fraction of sp³-hybridized carbons (Fsp3) is 0.975. The monoisotopic (exact) mass is 1200 g/mol. The Balaban J connectivity index is 3.32. The second-order valence-electron chi connectivity index (χ2n) is 27.8. The molecule has 3 N–H and O–H groups in total. The SMILES string of the molecule is CCCCCCCCCCCCCCCCCCCCCCCCCC(O)C(CO)NC(=O)CCCCCCCCCCCCCCCCCCCCCCCCCCCCCCCCCCOC(=O)CCCCCCCCCCCCCCC. The number of unbranched alkanes of at least 4 members (excludes halogenated alkanes) is 65. The summed E-state index contributed by atoms with van der Waals surface area (Å²) in [6, 6.07) is -0.538. The van der Waals surface area contributed by atoms with E-state index in [1.807, 2.05) is 0 Å². The second kappa shape index (κ2) is 75.3. The highest BCUT2D eigenvalue weighted by Gasteiger charge is 2.20. The highest BCUT2D eigenvalue weighted by molar-refractivity contribution is 5.76. The minimum Gasteiger partial charge on any atom is -0.466 e. The molecule has 6 nitrogen and oxygen atoms in total. The minimum absolute atomic E-state index is 0.0240. The molecule has 0 spiro atoms. The summed E-state index contributed by atoms with van der Waals surface area (Å²) in [5.74, 6) is 0.000287. The highest BCUT2D eigenvalue weighted by atomic mass is 16.5. The van der Waals surface area contributed by atoms with Crippen LogP contribution in [0.15, 0.2) is 0 Å². The van der Waals surface area contributed by atoms with Crippen molar-refractivity contribution >= 4 is 11.9 Å². The number of esters is 1. The topological polar surface area (TPSA) is 95.9 Å². The number of nitrogens with one attached hydrogen (secondary N) is 1. The Morgan fingerprint density at radius 2 is 0.482 bits per heavy atom. The van der Waals surface area contributed by atoms with Crippen molar-refractivity contribution in [2.75, 3.05) is 13.2 Å². The summed E-state index contributed by atoms with van der Waals surface area (Å²) in [6.45, 7) is 5.02. The normalized spacial score (nSPS) is 12.4. The second-order valence-corrected chi connectivity index (χ2v) is 27.8. The summed E-state index contributed by atoms with van der Waals surface area (Å²) in [5.41, 5.74) is 0. The quantitative estimate of drug-likeness (QED) is 0.0417. The third kappa shape index (κ3) is 71.8. The Bertz CT molecular complexity index is 1240. The maximum absolute atomic E-state index is 12.6. The standard InChI is InChI=1S/C79H157NO5/c1-3-5-7-9-11-13-15-17-18-19-20-21-32-35-38-41-44-48-51-55-59-63-67-71-77(82)76(75-81)80-78(83)72-68-64-60-56-52-49-45-42-39-36-33-30-28-26-24-22-23-25-27-29-31-34-37-40-43-46-50-54-58-62-66-70-74-85-79(84)73-69-65-61-57-53-47-16-14-12-10-8-6-4-2/h76-77,81-82H,3-75H2,1-2H3,(H,80,83). The molecule has 0 aromatic heterocycles. The number of aliphatic hydroxyl groups is 2. The van der Waals surface area contributed by atoms with Crippen molar-refractivity contribution < 1.29 is 24.5 Å².